The molecule has 1 fully saturated rings. The summed E-state index contributed by atoms with van der Waals surface area (Å²) in [6.45, 7) is -0.260. The van der Waals surface area contributed by atoms with Gasteiger partial charge >= 0.3 is 5.97 Å². The van der Waals surface area contributed by atoms with Gasteiger partial charge in [0.2, 0.25) is 5.88 Å². The first-order valence-corrected chi connectivity index (χ1v) is 14.3. The van der Waals surface area contributed by atoms with Crippen molar-refractivity contribution in [3.8, 4) is 11.9 Å². The molecule has 0 bridgehead atoms. The molecule has 2 aliphatic heterocycles. The van der Waals surface area contributed by atoms with Crippen molar-refractivity contribution < 1.29 is 33.0 Å². The van der Waals surface area contributed by atoms with Crippen LogP contribution < -0.4 is 14.4 Å². The molecule has 14 heteroatoms. The van der Waals surface area contributed by atoms with E-state index in [9.17, 15) is 33.5 Å². The van der Waals surface area contributed by atoms with E-state index in [0.717, 1.165) is 11.3 Å². The molecule has 2 aliphatic rings. The number of carbonyl (C=O) groups excluding carboxylic acids is 1. The largest absolute Gasteiger partial charge is 0.481 e. The summed E-state index contributed by atoms with van der Waals surface area (Å²) >= 11 is 0.924. The van der Waals surface area contributed by atoms with Gasteiger partial charge in [-0.3, -0.25) is 14.5 Å². The summed E-state index contributed by atoms with van der Waals surface area (Å²) in [5, 5.41) is 34.6. The van der Waals surface area contributed by atoms with Crippen LogP contribution >= 0.6 is 11.3 Å². The lowest BCUT2D eigenvalue weighted by atomic mass is 9.81. The number of nitriles is 1. The maximum absolute atomic E-state index is 14.6. The summed E-state index contributed by atoms with van der Waals surface area (Å²) in [7, 11) is 0.633. The number of thiophene rings is 1. The van der Waals surface area contributed by atoms with E-state index in [-0.39, 0.29) is 45.4 Å². The first kappa shape index (κ1) is 29.1. The zero-order valence-electron chi connectivity index (χ0n) is 21.8. The Bertz CT molecular complexity index is 1570. The minimum absolute atomic E-state index is 0.0335. The second kappa shape index (κ2) is 11.3. The monoisotopic (exact) mass is 585 g/mol. The highest BCUT2D eigenvalue weighted by Gasteiger charge is 2.64. The van der Waals surface area contributed by atoms with Crippen LogP contribution in [-0.4, -0.2) is 80.3 Å². The number of aromatic nitrogens is 1. The third-order valence-electron chi connectivity index (χ3n) is 6.57. The van der Waals surface area contributed by atoms with Crippen LogP contribution in [0.4, 0.5) is 5.69 Å². The first-order chi connectivity index (χ1) is 19.1. The molecule has 12 nitrogen and oxygen atoms in total. The van der Waals surface area contributed by atoms with Crippen molar-refractivity contribution in [3.05, 3.63) is 70.7 Å². The number of methoxy groups -OCH3 is 1. The van der Waals surface area contributed by atoms with Crippen molar-refractivity contribution in [3.63, 3.8) is 0 Å². The van der Waals surface area contributed by atoms with Crippen molar-refractivity contribution in [1.29, 1.82) is 5.26 Å². The van der Waals surface area contributed by atoms with Gasteiger partial charge in [0, 0.05) is 30.3 Å². The highest BCUT2D eigenvalue weighted by atomic mass is 32.2. The second-order valence-corrected chi connectivity index (χ2v) is 12.0. The number of hydrogen-bond donors (Lipinski definition) is 3. The van der Waals surface area contributed by atoms with E-state index in [1.807, 2.05) is 20.2 Å². The van der Waals surface area contributed by atoms with Crippen LogP contribution in [0.15, 0.2) is 58.3 Å². The number of likely N-dealkylation sites (tertiary alicyclic amines) is 1. The van der Waals surface area contributed by atoms with Gasteiger partial charge in [0.25, 0.3) is 15.9 Å². The molecule has 0 spiro atoms. The van der Waals surface area contributed by atoms with E-state index < -0.39 is 39.6 Å². The summed E-state index contributed by atoms with van der Waals surface area (Å²) in [4.78, 5) is 32.4. The van der Waals surface area contributed by atoms with Gasteiger partial charge in [-0.1, -0.05) is 6.07 Å². The van der Waals surface area contributed by atoms with E-state index in [1.54, 1.807) is 5.38 Å². The van der Waals surface area contributed by atoms with Gasteiger partial charge in [-0.05, 0) is 55.9 Å². The molecule has 4 heterocycles. The molecule has 1 amide bonds. The fourth-order valence-corrected chi connectivity index (χ4v) is 7.65. The molecular formula is C26H27N5O7S2. The second-order valence-electron chi connectivity index (χ2n) is 9.02. The maximum atomic E-state index is 14.6. The lowest BCUT2D eigenvalue weighted by molar-refractivity contribution is -0.145. The average Bonchev–Trinajstić information content (AvgIpc) is 3.66. The predicted octanol–water partition coefficient (Wildman–Crippen LogP) is 1.36. The van der Waals surface area contributed by atoms with Crippen LogP contribution in [0, 0.1) is 11.3 Å². The number of aliphatic carboxylic acids is 1. The quantitative estimate of drug-likeness (QED) is 0.381. The van der Waals surface area contributed by atoms with Gasteiger partial charge in [0.15, 0.2) is 5.54 Å². The Morgan fingerprint density at radius 2 is 1.98 bits per heavy atom. The Hall–Kier alpha value is -3.87. The van der Waals surface area contributed by atoms with Crippen LogP contribution in [0.25, 0.3) is 0 Å². The van der Waals surface area contributed by atoms with Crippen molar-refractivity contribution in [2.45, 2.75) is 28.3 Å². The van der Waals surface area contributed by atoms with Crippen LogP contribution in [-0.2, 0) is 25.2 Å². The Balaban J connectivity index is 0.00000118. The fraction of sp³-hybridized carbons (Fsp3) is 0.308. The number of benzene rings is 1. The zero-order chi connectivity index (χ0) is 29.2. The minimum atomic E-state index is -4.44. The van der Waals surface area contributed by atoms with Gasteiger partial charge in [0.05, 0.1) is 30.5 Å². The minimum Gasteiger partial charge on any atom is -0.481 e. The number of aliphatic hydroxyl groups is 1. The van der Waals surface area contributed by atoms with Gasteiger partial charge in [-0.2, -0.15) is 18.0 Å². The van der Waals surface area contributed by atoms with Gasteiger partial charge in [0.1, 0.15) is 10.3 Å². The number of fused-ring (bicyclic) bond motifs is 1. The molecule has 210 valence electrons. The molecule has 3 N–H and O–H groups in total. The number of carboxylic acids is 1. The summed E-state index contributed by atoms with van der Waals surface area (Å²) < 4.78 is 33.6. The lowest BCUT2D eigenvalue weighted by Gasteiger charge is -2.40. The third kappa shape index (κ3) is 4.51. The Labute approximate surface area is 235 Å². The number of sulfonamides is 1. The van der Waals surface area contributed by atoms with Crippen molar-refractivity contribution in [2.24, 2.45) is 0 Å². The zero-order valence-corrected chi connectivity index (χ0v) is 23.4. The summed E-state index contributed by atoms with van der Waals surface area (Å²) in [5.41, 5.74) is -1.84. The number of nitrogens with one attached hydrogen (secondary N) is 1. The standard InChI is InChI=1S/C24H20N4O7S2.C2H7N/c1-35-21-16(4-2-8-26-21)24(27-13-15(29)11-19(27)22(30)31)17-10-14(12-25)6-7-18(17)28(23(24)32)37(33,34)20-5-3-9-36-20;1-3-2/h2-10,15,19,29H,11,13H2,1H3,(H,30,31);3H,1-2H3/t15-,19+,24?;/m1./s1. The number of carbonyl (C=O) groups is 2. The van der Waals surface area contributed by atoms with Crippen LogP contribution in [0.1, 0.15) is 23.1 Å². The number of amides is 1. The molecule has 0 aliphatic carbocycles. The van der Waals surface area contributed by atoms with Crippen molar-refractivity contribution in [1.82, 2.24) is 15.2 Å². The molecular weight excluding hydrogens is 558 g/mol. The summed E-state index contributed by atoms with van der Waals surface area (Å²) in [5.74, 6) is -2.33. The Kier molecular flexibility index (Phi) is 8.24. The molecule has 1 aromatic carbocycles. The Morgan fingerprint density at radius 3 is 2.58 bits per heavy atom. The molecule has 5 rings (SSSR count). The number of carboxylic acid groups (broad SMARTS) is 1. The highest BCUT2D eigenvalue weighted by molar-refractivity contribution is 7.95. The van der Waals surface area contributed by atoms with Gasteiger partial charge in [-0.15, -0.1) is 11.3 Å². The molecule has 0 radical (unpaired) electrons. The highest BCUT2D eigenvalue weighted by Crippen LogP contribution is 2.54. The number of aliphatic hydroxyl groups excluding tert-OH is 1. The van der Waals surface area contributed by atoms with E-state index in [4.69, 9.17) is 4.74 Å². The summed E-state index contributed by atoms with van der Waals surface area (Å²) in [6.07, 6.45) is 0.104. The number of anilines is 1. The number of nitrogens with zero attached hydrogens (tertiary/aromatic N) is 4. The van der Waals surface area contributed by atoms with E-state index in [1.165, 1.54) is 60.7 Å². The van der Waals surface area contributed by atoms with Crippen molar-refractivity contribution >= 4 is 38.9 Å². The van der Waals surface area contributed by atoms with Crippen LogP contribution in [0.2, 0.25) is 0 Å². The maximum Gasteiger partial charge on any atom is 0.321 e. The summed E-state index contributed by atoms with van der Waals surface area (Å²) in [6, 6.07) is 10.6. The molecule has 40 heavy (non-hydrogen) atoms. The molecule has 3 atom stereocenters. The van der Waals surface area contributed by atoms with E-state index >= 15 is 0 Å². The van der Waals surface area contributed by atoms with Crippen molar-refractivity contribution in [2.75, 3.05) is 32.1 Å². The SMILES string of the molecule is CNC.COc1ncccc1C1(N2C[C@H](O)C[C@H]2C(=O)O)C(=O)N(S(=O)(=O)c2cccs2)c2ccc(C#N)cc21. The molecule has 1 unspecified atom stereocenters. The molecule has 2 aromatic heterocycles. The number of ether oxygens (including phenoxy) is 1. The molecule has 0 saturated carbocycles. The Morgan fingerprint density at radius 1 is 1.25 bits per heavy atom. The normalized spacial score (nSPS) is 22.3. The number of rotatable bonds is 6. The topological polar surface area (TPSA) is 173 Å². The predicted molar refractivity (Wildman–Crippen MR) is 145 cm³/mol. The van der Waals surface area contributed by atoms with E-state index in [2.05, 4.69) is 10.3 Å². The molecule has 1 saturated heterocycles. The van der Waals surface area contributed by atoms with Gasteiger partial charge < -0.3 is 20.3 Å². The number of β-amino-alcohol motifs (C(OH)–C–C–N with tert-alkyl or cyclic N) is 1. The van der Waals surface area contributed by atoms with E-state index in [0.29, 0.717) is 4.31 Å². The first-order valence-electron chi connectivity index (χ1n) is 12.0. The number of hydrogen-bond acceptors (Lipinski definition) is 11. The van der Waals surface area contributed by atoms with Crippen LogP contribution in [0.5, 0.6) is 5.88 Å². The van der Waals surface area contributed by atoms with Crippen LogP contribution in [0.3, 0.4) is 0 Å². The average molecular weight is 586 g/mol. The lowest BCUT2D eigenvalue weighted by Crippen LogP contribution is -2.58. The third-order valence-corrected chi connectivity index (χ3v) is 9.64. The smallest absolute Gasteiger partial charge is 0.321 e. The fourth-order valence-electron chi connectivity index (χ4n) is 5.12. The number of pyridine rings is 1. The molecule has 3 aromatic rings. The van der Waals surface area contributed by atoms with Gasteiger partial charge in [-0.25, -0.2) is 4.98 Å².